The maximum Gasteiger partial charge on any atom is 0.330 e. The zero-order valence-electron chi connectivity index (χ0n) is 17.8. The molecule has 2 atom stereocenters. The third kappa shape index (κ3) is 10.9. The van der Waals surface area contributed by atoms with E-state index >= 15 is 0 Å². The Bertz CT molecular complexity index is 452. The number of carbonyl (C=O) groups is 1. The molecule has 0 spiro atoms. The molecule has 0 amide bonds. The van der Waals surface area contributed by atoms with Gasteiger partial charge in [-0.15, -0.1) is 0 Å². The molecule has 0 unspecified atom stereocenters. The molecule has 5 nitrogen and oxygen atoms in total. The van der Waals surface area contributed by atoms with E-state index in [1.165, 1.54) is 6.08 Å². The minimum Gasteiger partial charge on any atom is -0.463 e. The number of hydrogen-bond donors (Lipinski definition) is 0. The van der Waals surface area contributed by atoms with Gasteiger partial charge in [0.1, 0.15) is 6.79 Å². The highest BCUT2D eigenvalue weighted by molar-refractivity contribution is 6.74. The van der Waals surface area contributed by atoms with Gasteiger partial charge in [-0.05, 0) is 44.8 Å². The number of hydrogen-bond acceptors (Lipinski definition) is 5. The fourth-order valence-electron chi connectivity index (χ4n) is 2.04. The molecule has 0 saturated heterocycles. The van der Waals surface area contributed by atoms with Gasteiger partial charge in [-0.2, -0.15) is 0 Å². The third-order valence-corrected chi connectivity index (χ3v) is 9.12. The lowest BCUT2D eigenvalue weighted by molar-refractivity contribution is -0.137. The number of rotatable bonds is 12. The van der Waals surface area contributed by atoms with E-state index in [0.29, 0.717) is 6.61 Å². The van der Waals surface area contributed by atoms with Gasteiger partial charge in [0.2, 0.25) is 0 Å². The maximum atomic E-state index is 11.3. The summed E-state index contributed by atoms with van der Waals surface area (Å²) in [7, 11) is -0.161. The van der Waals surface area contributed by atoms with E-state index in [0.717, 1.165) is 12.8 Å². The van der Waals surface area contributed by atoms with E-state index in [1.54, 1.807) is 26.2 Å². The Hall–Kier alpha value is -0.953. The van der Waals surface area contributed by atoms with Crippen molar-refractivity contribution in [3.05, 3.63) is 24.3 Å². The van der Waals surface area contributed by atoms with Crippen LogP contribution < -0.4 is 0 Å². The molecule has 0 aromatic rings. The zero-order valence-corrected chi connectivity index (χ0v) is 18.8. The van der Waals surface area contributed by atoms with Crippen molar-refractivity contribution in [3.8, 4) is 0 Å². The second-order valence-electron chi connectivity index (χ2n) is 7.87. The summed E-state index contributed by atoms with van der Waals surface area (Å²) >= 11 is 0. The first kappa shape index (κ1) is 25.0. The fraction of sp³-hybridized carbons (Fsp3) is 0.750. The molecule has 6 heteroatoms. The molecule has 0 heterocycles. The Morgan fingerprint density at radius 3 is 2.35 bits per heavy atom. The van der Waals surface area contributed by atoms with Crippen molar-refractivity contribution >= 4 is 14.3 Å². The lowest BCUT2D eigenvalue weighted by Crippen LogP contribution is -2.43. The normalized spacial score (nSPS) is 15.5. The first-order valence-corrected chi connectivity index (χ1v) is 12.2. The largest absolute Gasteiger partial charge is 0.463 e. The molecule has 0 aliphatic rings. The number of allylic oxidation sites excluding steroid dienone is 2. The monoisotopic (exact) mass is 386 g/mol. The summed E-state index contributed by atoms with van der Waals surface area (Å²) in [5, 5.41) is 0.199. The standard InChI is InChI=1S/C20H38O5Si/c1-9-23-19(21)13-11-10-12-18(24-16-22-6)15-14-17(2)25-26(7,8)20(3,4)5/h10-13,17-18H,9,14-16H2,1-8H3/t17-,18+/m1/s1. The van der Waals surface area contributed by atoms with Gasteiger partial charge in [0.15, 0.2) is 8.32 Å². The second kappa shape index (κ2) is 12.4. The van der Waals surface area contributed by atoms with E-state index in [1.807, 2.05) is 6.08 Å². The highest BCUT2D eigenvalue weighted by Gasteiger charge is 2.38. The predicted molar refractivity (Wildman–Crippen MR) is 109 cm³/mol. The Balaban J connectivity index is 4.59. The van der Waals surface area contributed by atoms with Crippen molar-refractivity contribution in [2.75, 3.05) is 20.5 Å². The molecule has 0 aromatic carbocycles. The maximum absolute atomic E-state index is 11.3. The molecular formula is C20H38O5Si. The summed E-state index contributed by atoms with van der Waals surface area (Å²) in [5.74, 6) is -0.345. The molecule has 0 radical (unpaired) electrons. The fourth-order valence-corrected chi connectivity index (χ4v) is 3.52. The van der Waals surface area contributed by atoms with Crippen LogP contribution in [0.15, 0.2) is 24.3 Å². The van der Waals surface area contributed by atoms with Gasteiger partial charge in [0, 0.05) is 19.3 Å². The van der Waals surface area contributed by atoms with Crippen LogP contribution in [0.25, 0.3) is 0 Å². The van der Waals surface area contributed by atoms with Gasteiger partial charge >= 0.3 is 5.97 Å². The van der Waals surface area contributed by atoms with Crippen molar-refractivity contribution in [1.82, 2.24) is 0 Å². The molecule has 0 aliphatic carbocycles. The number of esters is 1. The summed E-state index contributed by atoms with van der Waals surface area (Å²) in [4.78, 5) is 11.3. The van der Waals surface area contributed by atoms with E-state index in [-0.39, 0.29) is 30.0 Å². The minimum atomic E-state index is -1.76. The van der Waals surface area contributed by atoms with Crippen LogP contribution in [-0.2, 0) is 23.4 Å². The highest BCUT2D eigenvalue weighted by Crippen LogP contribution is 2.37. The topological polar surface area (TPSA) is 54.0 Å². The summed E-state index contributed by atoms with van der Waals surface area (Å²) in [6.45, 7) is 15.8. The second-order valence-corrected chi connectivity index (χ2v) is 12.6. The van der Waals surface area contributed by atoms with E-state index in [2.05, 4.69) is 40.8 Å². The van der Waals surface area contributed by atoms with Crippen LogP contribution in [0.3, 0.4) is 0 Å². The number of carbonyl (C=O) groups excluding carboxylic acids is 1. The van der Waals surface area contributed by atoms with Gasteiger partial charge in [-0.1, -0.05) is 39.0 Å². The van der Waals surface area contributed by atoms with Gasteiger partial charge in [0.25, 0.3) is 0 Å². The van der Waals surface area contributed by atoms with Gasteiger partial charge in [-0.25, -0.2) is 4.79 Å². The molecule has 0 aromatic heterocycles. The van der Waals surface area contributed by atoms with E-state index < -0.39 is 8.32 Å². The average molecular weight is 387 g/mol. The van der Waals surface area contributed by atoms with E-state index in [9.17, 15) is 4.79 Å². The Kier molecular flexibility index (Phi) is 12.0. The van der Waals surface area contributed by atoms with Crippen molar-refractivity contribution in [3.63, 3.8) is 0 Å². The molecule has 0 rings (SSSR count). The summed E-state index contributed by atoms with van der Waals surface area (Å²) in [6, 6.07) is 0. The quantitative estimate of drug-likeness (QED) is 0.158. The molecule has 0 aliphatic heterocycles. The Morgan fingerprint density at radius 2 is 1.81 bits per heavy atom. The predicted octanol–water partition coefficient (Wildman–Crippen LogP) is 4.84. The van der Waals surface area contributed by atoms with Crippen LogP contribution in [0.2, 0.25) is 18.1 Å². The summed E-state index contributed by atoms with van der Waals surface area (Å²) in [5.41, 5.74) is 0. The molecule has 0 fully saturated rings. The Labute approximate surface area is 160 Å². The molecular weight excluding hydrogens is 348 g/mol. The van der Waals surface area contributed by atoms with Crippen molar-refractivity contribution in [2.45, 2.75) is 77.8 Å². The van der Waals surface area contributed by atoms with Crippen molar-refractivity contribution in [1.29, 1.82) is 0 Å². The van der Waals surface area contributed by atoms with Gasteiger partial charge < -0.3 is 18.6 Å². The van der Waals surface area contributed by atoms with Crippen LogP contribution in [0.1, 0.15) is 47.5 Å². The summed E-state index contributed by atoms with van der Waals surface area (Å²) in [6.07, 6.45) is 8.59. The summed E-state index contributed by atoms with van der Waals surface area (Å²) < 4.78 is 21.9. The lowest BCUT2D eigenvalue weighted by Gasteiger charge is -2.38. The third-order valence-electron chi connectivity index (χ3n) is 4.52. The molecule has 0 N–H and O–H groups in total. The minimum absolute atomic E-state index is 0.0905. The number of methoxy groups -OCH3 is 1. The van der Waals surface area contributed by atoms with Gasteiger partial charge in [-0.3, -0.25) is 0 Å². The average Bonchev–Trinajstić information content (AvgIpc) is 2.52. The smallest absolute Gasteiger partial charge is 0.330 e. The molecule has 0 bridgehead atoms. The Morgan fingerprint density at radius 1 is 1.15 bits per heavy atom. The SMILES string of the molecule is CCOC(=O)C=CC=C[C@@H](CC[C@@H](C)O[Si](C)(C)C(C)(C)C)OCOC. The first-order chi connectivity index (χ1) is 12.0. The van der Waals surface area contributed by atoms with Crippen LogP contribution in [0.5, 0.6) is 0 Å². The van der Waals surface area contributed by atoms with Crippen LogP contribution in [-0.4, -0.2) is 47.0 Å². The van der Waals surface area contributed by atoms with Crippen molar-refractivity contribution < 1.29 is 23.4 Å². The van der Waals surface area contributed by atoms with Crippen LogP contribution in [0, 0.1) is 0 Å². The molecule has 152 valence electrons. The molecule has 0 saturated carbocycles. The number of ether oxygens (including phenoxy) is 3. The van der Waals surface area contributed by atoms with Crippen LogP contribution in [0.4, 0.5) is 0 Å². The first-order valence-electron chi connectivity index (χ1n) is 9.33. The highest BCUT2D eigenvalue weighted by atomic mass is 28.4. The van der Waals surface area contributed by atoms with Gasteiger partial charge in [0.05, 0.1) is 12.7 Å². The zero-order chi connectivity index (χ0) is 20.2. The van der Waals surface area contributed by atoms with Crippen LogP contribution >= 0.6 is 0 Å². The molecule has 26 heavy (non-hydrogen) atoms. The van der Waals surface area contributed by atoms with Crippen molar-refractivity contribution in [2.24, 2.45) is 0 Å². The van der Waals surface area contributed by atoms with E-state index in [4.69, 9.17) is 18.6 Å². The lowest BCUT2D eigenvalue weighted by atomic mass is 10.1.